The highest BCUT2D eigenvalue weighted by Gasteiger charge is 2.22. The van der Waals surface area contributed by atoms with Crippen LogP contribution in [0.1, 0.15) is 26.3 Å². The van der Waals surface area contributed by atoms with E-state index in [1.165, 1.54) is 0 Å². The van der Waals surface area contributed by atoms with E-state index >= 15 is 0 Å². The van der Waals surface area contributed by atoms with E-state index in [-0.39, 0.29) is 6.09 Å². The van der Waals surface area contributed by atoms with Crippen LogP contribution in [0, 0.1) is 0 Å². The van der Waals surface area contributed by atoms with Gasteiger partial charge in [-0.15, -0.1) is 0 Å². The Balaban J connectivity index is 1.60. The molecule has 0 saturated heterocycles. The Labute approximate surface area is 172 Å². The van der Waals surface area contributed by atoms with Crippen molar-refractivity contribution in [3.05, 3.63) is 78.5 Å². The minimum atomic E-state index is -0.534. The van der Waals surface area contributed by atoms with Crippen LogP contribution < -0.4 is 5.32 Å². The quantitative estimate of drug-likeness (QED) is 0.632. The Morgan fingerprint density at radius 3 is 2.34 bits per heavy atom. The summed E-state index contributed by atoms with van der Waals surface area (Å²) in [4.78, 5) is 14.4. The second-order valence-electron chi connectivity index (χ2n) is 7.80. The minimum absolute atomic E-state index is 0.321. The summed E-state index contributed by atoms with van der Waals surface area (Å²) in [6.07, 6.45) is 1.59. The van der Waals surface area contributed by atoms with Crippen molar-refractivity contribution in [1.29, 1.82) is 0 Å². The van der Waals surface area contributed by atoms with E-state index < -0.39 is 5.60 Å². The molecule has 0 unspecified atom stereocenters. The number of hydrogen-bond acceptors (Lipinski definition) is 4. The summed E-state index contributed by atoms with van der Waals surface area (Å²) in [6.45, 7) is 7.19. The summed E-state index contributed by atoms with van der Waals surface area (Å²) < 4.78 is 7.39. The van der Waals surface area contributed by atoms with Gasteiger partial charge in [-0.2, -0.15) is 5.10 Å². The summed E-state index contributed by atoms with van der Waals surface area (Å²) in [5.41, 5.74) is 1.53. The molecule has 1 amide bonds. The fourth-order valence-electron chi connectivity index (χ4n) is 2.83. The maximum absolute atomic E-state index is 12.7. The van der Waals surface area contributed by atoms with Crippen LogP contribution in [-0.2, 0) is 11.3 Å². The van der Waals surface area contributed by atoms with Gasteiger partial charge in [0.2, 0.25) is 0 Å². The Kier molecular flexibility index (Phi) is 6.54. The van der Waals surface area contributed by atoms with Crippen molar-refractivity contribution in [2.75, 3.05) is 18.4 Å². The zero-order valence-corrected chi connectivity index (χ0v) is 17.2. The Hall–Kier alpha value is -3.28. The summed E-state index contributed by atoms with van der Waals surface area (Å²) >= 11 is 0. The highest BCUT2D eigenvalue weighted by atomic mass is 16.6. The average Bonchev–Trinajstić information content (AvgIpc) is 3.16. The molecule has 3 rings (SSSR count). The topological polar surface area (TPSA) is 59.4 Å². The van der Waals surface area contributed by atoms with E-state index in [1.807, 2.05) is 98.4 Å². The molecule has 0 saturated carbocycles. The summed E-state index contributed by atoms with van der Waals surface area (Å²) in [6, 6.07) is 21.8. The first-order valence-corrected chi connectivity index (χ1v) is 9.77. The van der Waals surface area contributed by atoms with Gasteiger partial charge in [0.1, 0.15) is 11.4 Å². The van der Waals surface area contributed by atoms with E-state index in [4.69, 9.17) is 4.74 Å². The molecular weight excluding hydrogens is 364 g/mol. The van der Waals surface area contributed by atoms with Crippen LogP contribution in [-0.4, -0.2) is 39.5 Å². The van der Waals surface area contributed by atoms with Crippen LogP contribution in [0.25, 0.3) is 5.69 Å². The van der Waals surface area contributed by atoms with Gasteiger partial charge in [0.05, 0.1) is 5.69 Å². The lowest BCUT2D eigenvalue weighted by Gasteiger charge is -2.27. The van der Waals surface area contributed by atoms with Gasteiger partial charge >= 0.3 is 6.09 Å². The number of aromatic nitrogens is 2. The molecule has 29 heavy (non-hydrogen) atoms. The van der Waals surface area contributed by atoms with Crippen LogP contribution >= 0.6 is 0 Å². The van der Waals surface area contributed by atoms with Crippen molar-refractivity contribution in [2.24, 2.45) is 0 Å². The fraction of sp³-hybridized carbons (Fsp3) is 0.304. The molecule has 2 aromatic carbocycles. The monoisotopic (exact) mass is 392 g/mol. The first-order valence-electron chi connectivity index (χ1n) is 9.77. The molecule has 6 nitrogen and oxygen atoms in total. The number of hydrogen-bond donors (Lipinski definition) is 1. The van der Waals surface area contributed by atoms with Crippen LogP contribution in [0.15, 0.2) is 72.9 Å². The molecule has 1 N–H and O–H groups in total. The molecule has 6 heteroatoms. The summed E-state index contributed by atoms with van der Waals surface area (Å²) in [5.74, 6) is 0.762. The van der Waals surface area contributed by atoms with Gasteiger partial charge in [-0.25, -0.2) is 9.48 Å². The maximum Gasteiger partial charge on any atom is 0.410 e. The van der Waals surface area contributed by atoms with Crippen LogP contribution in [0.5, 0.6) is 0 Å². The minimum Gasteiger partial charge on any atom is -0.444 e. The molecule has 0 radical (unpaired) electrons. The number of amides is 1. The van der Waals surface area contributed by atoms with Crippen molar-refractivity contribution in [2.45, 2.75) is 32.9 Å². The predicted molar refractivity (Wildman–Crippen MR) is 115 cm³/mol. The number of nitrogens with one attached hydrogen (secondary N) is 1. The number of rotatable bonds is 7. The van der Waals surface area contributed by atoms with Gasteiger partial charge in [0.15, 0.2) is 0 Å². The molecule has 0 fully saturated rings. The fourth-order valence-corrected chi connectivity index (χ4v) is 2.83. The second kappa shape index (κ2) is 9.28. The first-order chi connectivity index (χ1) is 13.9. The lowest BCUT2D eigenvalue weighted by molar-refractivity contribution is 0.0241. The van der Waals surface area contributed by atoms with Crippen LogP contribution in [0.2, 0.25) is 0 Å². The predicted octanol–water partition coefficient (Wildman–Crippen LogP) is 4.72. The zero-order valence-electron chi connectivity index (χ0n) is 17.2. The van der Waals surface area contributed by atoms with E-state index in [9.17, 15) is 4.79 Å². The zero-order chi connectivity index (χ0) is 20.7. The van der Waals surface area contributed by atoms with Gasteiger partial charge in [-0.05, 0) is 38.5 Å². The molecule has 0 spiro atoms. The Bertz CT molecular complexity index is 901. The Morgan fingerprint density at radius 1 is 1.03 bits per heavy atom. The van der Waals surface area contributed by atoms with Crippen molar-refractivity contribution in [3.8, 4) is 5.69 Å². The molecule has 0 aliphatic rings. The number of nitrogens with zero attached hydrogens (tertiary/aromatic N) is 3. The molecular formula is C23H28N4O2. The highest BCUT2D eigenvalue weighted by molar-refractivity contribution is 5.68. The van der Waals surface area contributed by atoms with E-state index in [2.05, 4.69) is 10.4 Å². The Morgan fingerprint density at radius 2 is 1.69 bits per heavy atom. The van der Waals surface area contributed by atoms with Gasteiger partial charge in [-0.1, -0.05) is 48.5 Å². The molecule has 0 aliphatic carbocycles. The van der Waals surface area contributed by atoms with E-state index in [0.717, 1.165) is 17.1 Å². The molecule has 0 bridgehead atoms. The van der Waals surface area contributed by atoms with E-state index in [1.54, 1.807) is 4.90 Å². The molecule has 152 valence electrons. The number of para-hydroxylation sites is 1. The highest BCUT2D eigenvalue weighted by Crippen LogP contribution is 2.13. The van der Waals surface area contributed by atoms with Crippen LogP contribution in [0.4, 0.5) is 10.6 Å². The first kappa shape index (κ1) is 20.5. The van der Waals surface area contributed by atoms with Gasteiger partial charge in [0.25, 0.3) is 0 Å². The lowest BCUT2D eigenvalue weighted by Crippen LogP contribution is -2.39. The van der Waals surface area contributed by atoms with Crippen molar-refractivity contribution >= 4 is 11.9 Å². The maximum atomic E-state index is 12.7. The standard InChI is InChI=1S/C23H28N4O2/c1-23(2,3)29-22(28)26(18-19-10-6-4-7-11-19)17-15-24-21-14-16-27(25-21)20-12-8-5-9-13-20/h4-14,16H,15,17-18H2,1-3H3,(H,24,25). The third kappa shape index (κ3) is 6.38. The molecule has 1 aromatic heterocycles. The molecule has 0 aliphatic heterocycles. The number of ether oxygens (including phenoxy) is 1. The number of benzene rings is 2. The molecule has 1 heterocycles. The van der Waals surface area contributed by atoms with Crippen molar-refractivity contribution in [1.82, 2.24) is 14.7 Å². The van der Waals surface area contributed by atoms with Crippen molar-refractivity contribution in [3.63, 3.8) is 0 Å². The van der Waals surface area contributed by atoms with Crippen LogP contribution in [0.3, 0.4) is 0 Å². The van der Waals surface area contributed by atoms with Gasteiger partial charge < -0.3 is 15.0 Å². The SMILES string of the molecule is CC(C)(C)OC(=O)N(CCNc1ccn(-c2ccccc2)n1)Cc1ccccc1. The number of carbonyl (C=O) groups excluding carboxylic acids is 1. The summed E-state index contributed by atoms with van der Waals surface area (Å²) in [5, 5.41) is 7.82. The normalized spacial score (nSPS) is 11.1. The second-order valence-corrected chi connectivity index (χ2v) is 7.80. The largest absolute Gasteiger partial charge is 0.444 e. The molecule has 0 atom stereocenters. The summed E-state index contributed by atoms with van der Waals surface area (Å²) in [7, 11) is 0. The number of carbonyl (C=O) groups is 1. The average molecular weight is 393 g/mol. The van der Waals surface area contributed by atoms with Gasteiger partial charge in [-0.3, -0.25) is 0 Å². The van der Waals surface area contributed by atoms with Crippen molar-refractivity contribution < 1.29 is 9.53 Å². The third-order valence-corrected chi connectivity index (χ3v) is 4.17. The number of anilines is 1. The lowest BCUT2D eigenvalue weighted by atomic mass is 10.2. The third-order valence-electron chi connectivity index (χ3n) is 4.17. The van der Waals surface area contributed by atoms with Gasteiger partial charge in [0, 0.05) is 31.9 Å². The molecule has 3 aromatic rings. The van der Waals surface area contributed by atoms with E-state index in [0.29, 0.717) is 19.6 Å². The smallest absolute Gasteiger partial charge is 0.410 e.